The lowest BCUT2D eigenvalue weighted by Crippen LogP contribution is -2.37. The molecule has 1 heterocycles. The molecule has 21 heavy (non-hydrogen) atoms. The Morgan fingerprint density at radius 3 is 2.52 bits per heavy atom. The largest absolute Gasteiger partial charge is 0.481 e. The zero-order valence-corrected chi connectivity index (χ0v) is 12.5. The molecule has 0 bridgehead atoms. The molecule has 0 aromatic carbocycles. The summed E-state index contributed by atoms with van der Waals surface area (Å²) in [5.74, 6) is -1.40. The third kappa shape index (κ3) is 4.40. The lowest BCUT2D eigenvalue weighted by Gasteiger charge is -2.15. The molecule has 7 nitrogen and oxygen atoms in total. The number of aliphatic carboxylic acids is 1. The second-order valence-corrected chi connectivity index (χ2v) is 4.87. The van der Waals surface area contributed by atoms with Crippen LogP contribution < -0.4 is 10.9 Å². The molecule has 0 aliphatic heterocycles. The van der Waals surface area contributed by atoms with E-state index >= 15 is 0 Å². The van der Waals surface area contributed by atoms with Crippen LogP contribution in [0.3, 0.4) is 0 Å². The monoisotopic (exact) mass is 295 g/mol. The van der Waals surface area contributed by atoms with E-state index in [0.717, 1.165) is 0 Å². The number of carboxylic acids is 1. The van der Waals surface area contributed by atoms with E-state index in [-0.39, 0.29) is 18.0 Å². The summed E-state index contributed by atoms with van der Waals surface area (Å²) in [5.41, 5.74) is 0.892. The fourth-order valence-corrected chi connectivity index (χ4v) is 2.14. The van der Waals surface area contributed by atoms with Crippen LogP contribution in [0.25, 0.3) is 0 Å². The summed E-state index contributed by atoms with van der Waals surface area (Å²) in [6.45, 7) is 5.47. The molecule has 7 heteroatoms. The van der Waals surface area contributed by atoms with E-state index in [2.05, 4.69) is 15.5 Å². The van der Waals surface area contributed by atoms with Crippen LogP contribution in [0.2, 0.25) is 0 Å². The van der Waals surface area contributed by atoms with Crippen LogP contribution in [0.4, 0.5) is 0 Å². The maximum atomic E-state index is 12.3. The summed E-state index contributed by atoms with van der Waals surface area (Å²) in [6, 6.07) is -0.323. The predicted molar refractivity (Wildman–Crippen MR) is 77.4 cm³/mol. The summed E-state index contributed by atoms with van der Waals surface area (Å²) in [6.07, 6.45) is 1.43. The molecule has 1 atom stereocenters. The fourth-order valence-electron chi connectivity index (χ4n) is 2.14. The van der Waals surface area contributed by atoms with Crippen molar-refractivity contribution in [3.8, 4) is 0 Å². The number of aromatic amines is 1. The average Bonchev–Trinajstić information content (AvgIpc) is 2.44. The maximum absolute atomic E-state index is 12.3. The number of nitrogens with one attached hydrogen (secondary N) is 2. The van der Waals surface area contributed by atoms with Gasteiger partial charge in [0.15, 0.2) is 0 Å². The normalized spacial score (nSPS) is 12.0. The molecule has 0 saturated carbocycles. The molecular formula is C14H21N3O4. The Labute approximate surface area is 122 Å². The van der Waals surface area contributed by atoms with Crippen molar-refractivity contribution in [2.45, 2.75) is 52.5 Å². The minimum Gasteiger partial charge on any atom is -0.481 e. The van der Waals surface area contributed by atoms with Crippen molar-refractivity contribution in [3.05, 3.63) is 27.2 Å². The van der Waals surface area contributed by atoms with Crippen molar-refractivity contribution in [1.82, 2.24) is 15.5 Å². The van der Waals surface area contributed by atoms with Gasteiger partial charge in [-0.2, -0.15) is 5.10 Å². The Bertz CT molecular complexity index is 580. The van der Waals surface area contributed by atoms with Gasteiger partial charge >= 0.3 is 5.97 Å². The first-order chi connectivity index (χ1) is 9.90. The van der Waals surface area contributed by atoms with Crippen LogP contribution in [-0.2, 0) is 17.6 Å². The number of hydrogen-bond donors (Lipinski definition) is 3. The number of hydrogen-bond acceptors (Lipinski definition) is 4. The average molecular weight is 295 g/mol. The number of aromatic nitrogens is 2. The minimum absolute atomic E-state index is 0.0327. The lowest BCUT2D eigenvalue weighted by molar-refractivity contribution is -0.137. The molecule has 0 aliphatic rings. The number of carbonyl (C=O) groups excluding carboxylic acids is 1. The third-order valence-electron chi connectivity index (χ3n) is 3.25. The Morgan fingerprint density at radius 2 is 2.00 bits per heavy atom. The number of carbonyl (C=O) groups is 2. The van der Waals surface area contributed by atoms with Crippen LogP contribution in [-0.4, -0.2) is 33.2 Å². The summed E-state index contributed by atoms with van der Waals surface area (Å²) >= 11 is 0. The number of H-pyrrole nitrogens is 1. The summed E-state index contributed by atoms with van der Waals surface area (Å²) in [4.78, 5) is 34.7. The van der Waals surface area contributed by atoms with Gasteiger partial charge < -0.3 is 10.4 Å². The molecule has 1 rings (SSSR count). The maximum Gasteiger partial charge on any atom is 0.303 e. The molecule has 0 radical (unpaired) electrons. The number of carboxylic acid groups (broad SMARTS) is 1. The zero-order valence-electron chi connectivity index (χ0n) is 12.5. The molecule has 0 saturated heterocycles. The van der Waals surface area contributed by atoms with Gasteiger partial charge in [-0.25, -0.2) is 5.10 Å². The highest BCUT2D eigenvalue weighted by Gasteiger charge is 2.20. The van der Waals surface area contributed by atoms with Gasteiger partial charge in [0.05, 0.1) is 5.69 Å². The number of aryl methyl sites for hydroxylation is 1. The quantitative estimate of drug-likeness (QED) is 0.691. The summed E-state index contributed by atoms with van der Waals surface area (Å²) < 4.78 is 0. The van der Waals surface area contributed by atoms with Gasteiger partial charge in [0.25, 0.3) is 11.5 Å². The standard InChI is InChI=1S/C14H21N3O4/c1-4-9-10(5-2)16-17-14(21)12(9)13(20)15-8(3)6-7-11(18)19/h8H,4-7H2,1-3H3,(H,15,20)(H,17,21)(H,18,19). The van der Waals surface area contributed by atoms with E-state index in [0.29, 0.717) is 30.5 Å². The molecule has 1 aromatic heterocycles. The Balaban J connectivity index is 2.96. The van der Waals surface area contributed by atoms with Crippen LogP contribution >= 0.6 is 0 Å². The van der Waals surface area contributed by atoms with Crippen molar-refractivity contribution in [2.24, 2.45) is 0 Å². The second kappa shape index (κ2) is 7.56. The molecule has 1 unspecified atom stereocenters. The lowest BCUT2D eigenvalue weighted by atomic mass is 10.0. The van der Waals surface area contributed by atoms with Crippen molar-refractivity contribution in [3.63, 3.8) is 0 Å². The summed E-state index contributed by atoms with van der Waals surface area (Å²) in [7, 11) is 0. The first-order valence-electron chi connectivity index (χ1n) is 7.03. The zero-order chi connectivity index (χ0) is 16.0. The van der Waals surface area contributed by atoms with Gasteiger partial charge in [-0.3, -0.25) is 14.4 Å². The van der Waals surface area contributed by atoms with E-state index in [1.807, 2.05) is 13.8 Å². The first-order valence-corrected chi connectivity index (χ1v) is 7.03. The first kappa shape index (κ1) is 16.9. The number of amides is 1. The highest BCUT2D eigenvalue weighted by Crippen LogP contribution is 2.10. The van der Waals surface area contributed by atoms with Crippen LogP contribution in [0.5, 0.6) is 0 Å². The van der Waals surface area contributed by atoms with E-state index in [1.54, 1.807) is 6.92 Å². The van der Waals surface area contributed by atoms with Gasteiger partial charge in [0.1, 0.15) is 5.56 Å². The minimum atomic E-state index is -0.916. The molecule has 1 aromatic rings. The molecule has 0 aliphatic carbocycles. The molecule has 116 valence electrons. The van der Waals surface area contributed by atoms with Crippen molar-refractivity contribution >= 4 is 11.9 Å². The van der Waals surface area contributed by atoms with Crippen molar-refractivity contribution in [1.29, 1.82) is 0 Å². The Kier molecular flexibility index (Phi) is 6.08. The van der Waals surface area contributed by atoms with Gasteiger partial charge in [-0.1, -0.05) is 13.8 Å². The third-order valence-corrected chi connectivity index (χ3v) is 3.25. The predicted octanol–water partition coefficient (Wildman–Crippen LogP) is 0.878. The second-order valence-electron chi connectivity index (χ2n) is 4.87. The van der Waals surface area contributed by atoms with E-state index in [4.69, 9.17) is 5.11 Å². The van der Waals surface area contributed by atoms with E-state index < -0.39 is 17.4 Å². The molecule has 0 spiro atoms. The highest BCUT2D eigenvalue weighted by atomic mass is 16.4. The van der Waals surface area contributed by atoms with Crippen molar-refractivity contribution in [2.75, 3.05) is 0 Å². The number of rotatable bonds is 7. The molecule has 1 amide bonds. The van der Waals surface area contributed by atoms with Gasteiger partial charge in [0.2, 0.25) is 0 Å². The van der Waals surface area contributed by atoms with E-state index in [1.165, 1.54) is 0 Å². The Hall–Kier alpha value is -2.18. The van der Waals surface area contributed by atoms with Crippen LogP contribution in [0.15, 0.2) is 4.79 Å². The summed E-state index contributed by atoms with van der Waals surface area (Å²) in [5, 5.41) is 17.6. The molecular weight excluding hydrogens is 274 g/mol. The SMILES string of the molecule is CCc1n[nH]c(=O)c(C(=O)NC(C)CCC(=O)O)c1CC. The smallest absolute Gasteiger partial charge is 0.303 e. The topological polar surface area (TPSA) is 112 Å². The van der Waals surface area contributed by atoms with Gasteiger partial charge in [-0.05, 0) is 31.7 Å². The van der Waals surface area contributed by atoms with Crippen LogP contribution in [0.1, 0.15) is 55.2 Å². The van der Waals surface area contributed by atoms with E-state index in [9.17, 15) is 14.4 Å². The Morgan fingerprint density at radius 1 is 1.33 bits per heavy atom. The fraction of sp³-hybridized carbons (Fsp3) is 0.571. The van der Waals surface area contributed by atoms with Crippen molar-refractivity contribution < 1.29 is 14.7 Å². The van der Waals surface area contributed by atoms with Gasteiger partial charge in [0, 0.05) is 12.5 Å². The number of nitrogens with zero attached hydrogens (tertiary/aromatic N) is 1. The van der Waals surface area contributed by atoms with Crippen LogP contribution in [0, 0.1) is 0 Å². The molecule has 0 fully saturated rings. The highest BCUT2D eigenvalue weighted by molar-refractivity contribution is 5.95. The van der Waals surface area contributed by atoms with Gasteiger partial charge in [-0.15, -0.1) is 0 Å². The molecule has 3 N–H and O–H groups in total.